The molecule has 1 aliphatic rings. The van der Waals surface area contributed by atoms with E-state index in [1.165, 1.54) is 12.1 Å². The van der Waals surface area contributed by atoms with Crippen LogP contribution in [0.25, 0.3) is 0 Å². The summed E-state index contributed by atoms with van der Waals surface area (Å²) in [5.74, 6) is -1.36. The lowest BCUT2D eigenvalue weighted by Crippen LogP contribution is -2.41. The third-order valence-electron chi connectivity index (χ3n) is 2.55. The minimum absolute atomic E-state index is 0.132. The number of nitrogens with zero attached hydrogens (tertiary/aromatic N) is 2. The smallest absolute Gasteiger partial charge is 0.321 e. The third kappa shape index (κ3) is 2.93. The maximum absolute atomic E-state index is 12.2. The van der Waals surface area contributed by atoms with Crippen LogP contribution < -0.4 is 4.72 Å². The number of carbonyl (C=O) groups is 1. The fourth-order valence-corrected chi connectivity index (χ4v) is 3.60. The Balaban J connectivity index is 2.35. The topological polar surface area (TPSA) is 128 Å². The average molecular weight is 317 g/mol. The van der Waals surface area contributed by atoms with Gasteiger partial charge in [-0.2, -0.15) is 13.4 Å². The molecule has 1 atom stereocenters. The number of sulfonamides is 1. The Morgan fingerprint density at radius 2 is 2.15 bits per heavy atom. The summed E-state index contributed by atoms with van der Waals surface area (Å²) in [4.78, 5) is 10.8. The SMILES string of the molecule is O=C(O)[C@@H](CCO)NS(=O)(=O)c1cccc2c1N=S=N2. The van der Waals surface area contributed by atoms with Crippen molar-refractivity contribution in [2.75, 3.05) is 6.61 Å². The van der Waals surface area contributed by atoms with Crippen LogP contribution >= 0.6 is 0 Å². The fraction of sp³-hybridized carbons (Fsp3) is 0.300. The molecule has 0 saturated heterocycles. The van der Waals surface area contributed by atoms with Crippen molar-refractivity contribution in [2.24, 2.45) is 8.73 Å². The number of benzene rings is 1. The number of aliphatic carboxylic acids is 1. The largest absolute Gasteiger partial charge is 0.480 e. The summed E-state index contributed by atoms with van der Waals surface area (Å²) in [6, 6.07) is 3.04. The van der Waals surface area contributed by atoms with Crippen molar-refractivity contribution >= 4 is 38.7 Å². The number of nitrogens with one attached hydrogen (secondary N) is 1. The van der Waals surface area contributed by atoms with E-state index in [1.54, 1.807) is 6.07 Å². The zero-order valence-corrected chi connectivity index (χ0v) is 11.7. The molecule has 10 heteroatoms. The first-order chi connectivity index (χ1) is 9.45. The van der Waals surface area contributed by atoms with Crippen molar-refractivity contribution in [3.05, 3.63) is 18.2 Å². The van der Waals surface area contributed by atoms with Crippen LogP contribution in [0.3, 0.4) is 0 Å². The van der Waals surface area contributed by atoms with Crippen LogP contribution in [0.2, 0.25) is 0 Å². The summed E-state index contributed by atoms with van der Waals surface area (Å²) in [6.07, 6.45) is -0.222. The van der Waals surface area contributed by atoms with Gasteiger partial charge in [-0.05, 0) is 18.6 Å². The first-order valence-corrected chi connectivity index (χ1v) is 7.74. The number of carboxylic acids is 1. The highest BCUT2D eigenvalue weighted by Crippen LogP contribution is 2.37. The molecular formula is C10H11N3O5S2. The van der Waals surface area contributed by atoms with Gasteiger partial charge in [0.2, 0.25) is 10.0 Å². The number of fused-ring (bicyclic) bond motifs is 1. The Bertz CT molecular complexity index is 710. The number of hydrogen-bond donors (Lipinski definition) is 3. The Morgan fingerprint density at radius 3 is 2.80 bits per heavy atom. The highest BCUT2D eigenvalue weighted by atomic mass is 32.2. The van der Waals surface area contributed by atoms with Crippen molar-refractivity contribution < 1.29 is 23.4 Å². The van der Waals surface area contributed by atoms with E-state index in [0.29, 0.717) is 5.69 Å². The molecule has 1 heterocycles. The predicted octanol–water partition coefficient (Wildman–Crippen LogP) is 0.527. The molecule has 0 spiro atoms. The summed E-state index contributed by atoms with van der Waals surface area (Å²) in [7, 11) is -4.06. The number of aliphatic hydroxyl groups excluding tert-OH is 1. The highest BCUT2D eigenvalue weighted by molar-refractivity contribution is 7.89. The van der Waals surface area contributed by atoms with E-state index >= 15 is 0 Å². The van der Waals surface area contributed by atoms with Gasteiger partial charge in [-0.3, -0.25) is 4.79 Å². The van der Waals surface area contributed by atoms with Gasteiger partial charge >= 0.3 is 5.97 Å². The van der Waals surface area contributed by atoms with Gasteiger partial charge in [0.25, 0.3) is 0 Å². The van der Waals surface area contributed by atoms with Crippen LogP contribution in [0.15, 0.2) is 31.8 Å². The number of rotatable bonds is 6. The molecule has 108 valence electrons. The number of aliphatic hydroxyl groups is 1. The summed E-state index contributed by atoms with van der Waals surface area (Å²) in [5.41, 5.74) is 0.616. The quantitative estimate of drug-likeness (QED) is 0.715. The Morgan fingerprint density at radius 1 is 1.40 bits per heavy atom. The lowest BCUT2D eigenvalue weighted by molar-refractivity contribution is -0.139. The molecule has 1 aromatic rings. The van der Waals surface area contributed by atoms with Crippen molar-refractivity contribution in [3.63, 3.8) is 0 Å². The van der Waals surface area contributed by atoms with Crippen LogP contribution in [-0.4, -0.2) is 37.2 Å². The molecule has 3 N–H and O–H groups in total. The molecule has 0 aromatic heterocycles. The van der Waals surface area contributed by atoms with Gasteiger partial charge in [-0.15, -0.1) is 0 Å². The van der Waals surface area contributed by atoms with E-state index < -0.39 is 28.6 Å². The summed E-state index contributed by atoms with van der Waals surface area (Å²) < 4.78 is 34.3. The molecule has 20 heavy (non-hydrogen) atoms. The van der Waals surface area contributed by atoms with Gasteiger partial charge in [-0.1, -0.05) is 6.07 Å². The molecule has 0 aliphatic carbocycles. The van der Waals surface area contributed by atoms with Crippen molar-refractivity contribution in [3.8, 4) is 0 Å². The van der Waals surface area contributed by atoms with Crippen LogP contribution in [0.5, 0.6) is 0 Å². The Kier molecular flexibility index (Phi) is 4.28. The lowest BCUT2D eigenvalue weighted by Gasteiger charge is -2.14. The van der Waals surface area contributed by atoms with E-state index in [-0.39, 0.29) is 17.0 Å². The third-order valence-corrected chi connectivity index (χ3v) is 4.60. The zero-order valence-electron chi connectivity index (χ0n) is 10.1. The zero-order chi connectivity index (χ0) is 14.8. The molecule has 0 bridgehead atoms. The second kappa shape index (κ2) is 5.79. The molecule has 0 saturated carbocycles. The molecule has 2 rings (SSSR count). The van der Waals surface area contributed by atoms with Gasteiger partial charge in [0.1, 0.15) is 22.3 Å². The molecule has 0 unspecified atom stereocenters. The van der Waals surface area contributed by atoms with E-state index in [2.05, 4.69) is 8.73 Å². The molecule has 1 aliphatic heterocycles. The van der Waals surface area contributed by atoms with Crippen LogP contribution in [0.1, 0.15) is 6.42 Å². The van der Waals surface area contributed by atoms with Crippen molar-refractivity contribution in [1.29, 1.82) is 0 Å². The van der Waals surface area contributed by atoms with E-state index in [1.807, 2.05) is 4.72 Å². The van der Waals surface area contributed by atoms with Gasteiger partial charge in [0, 0.05) is 6.61 Å². The molecule has 8 nitrogen and oxygen atoms in total. The van der Waals surface area contributed by atoms with Gasteiger partial charge in [0.15, 0.2) is 0 Å². The molecule has 0 radical (unpaired) electrons. The van der Waals surface area contributed by atoms with Crippen molar-refractivity contribution in [1.82, 2.24) is 4.72 Å². The average Bonchev–Trinajstić information content (AvgIpc) is 2.85. The maximum Gasteiger partial charge on any atom is 0.321 e. The fourth-order valence-electron chi connectivity index (χ4n) is 1.61. The summed E-state index contributed by atoms with van der Waals surface area (Å²) in [6.45, 7) is -0.443. The van der Waals surface area contributed by atoms with Gasteiger partial charge < -0.3 is 10.2 Å². The molecular weight excluding hydrogens is 306 g/mol. The van der Waals surface area contributed by atoms with Gasteiger partial charge in [0.05, 0.1) is 11.4 Å². The summed E-state index contributed by atoms with van der Waals surface area (Å²) >= 11 is 0.870. The second-order valence-corrected chi connectivity index (χ2v) is 6.12. The first kappa shape index (κ1) is 14.8. The number of hydrogen-bond acceptors (Lipinski definition) is 6. The predicted molar refractivity (Wildman–Crippen MR) is 71.4 cm³/mol. The second-order valence-electron chi connectivity index (χ2n) is 3.91. The molecule has 1 aromatic carbocycles. The lowest BCUT2D eigenvalue weighted by atomic mass is 10.2. The Labute approximate surface area is 118 Å². The molecule has 0 fully saturated rings. The minimum Gasteiger partial charge on any atom is -0.480 e. The van der Waals surface area contributed by atoms with Crippen LogP contribution in [0.4, 0.5) is 11.4 Å². The number of carboxylic acid groups (broad SMARTS) is 1. The maximum atomic E-state index is 12.2. The minimum atomic E-state index is -4.06. The monoisotopic (exact) mass is 317 g/mol. The van der Waals surface area contributed by atoms with E-state index in [4.69, 9.17) is 10.2 Å². The normalized spacial score (nSPS) is 14.7. The van der Waals surface area contributed by atoms with Crippen LogP contribution in [-0.2, 0) is 26.2 Å². The standard InChI is InChI=1S/C10H11N3O5S2/c14-5-4-7(10(15)16)13-20(17,18)8-3-1-2-6-9(8)12-19-11-6/h1-3,7,13-14H,4-5H2,(H,15,16)/t7-/m1/s1. The highest BCUT2D eigenvalue weighted by Gasteiger charge is 2.28. The Hall–Kier alpha value is -1.62. The van der Waals surface area contributed by atoms with E-state index in [0.717, 1.165) is 11.4 Å². The van der Waals surface area contributed by atoms with Gasteiger partial charge in [-0.25, -0.2) is 8.42 Å². The first-order valence-electron chi connectivity index (χ1n) is 5.53. The van der Waals surface area contributed by atoms with Crippen molar-refractivity contribution in [2.45, 2.75) is 17.4 Å². The molecule has 0 amide bonds. The van der Waals surface area contributed by atoms with Crippen LogP contribution in [0, 0.1) is 0 Å². The summed E-state index contributed by atoms with van der Waals surface area (Å²) in [5, 5.41) is 17.7. The van der Waals surface area contributed by atoms with E-state index in [9.17, 15) is 13.2 Å².